The second-order valence-electron chi connectivity index (χ2n) is 12.8. The minimum absolute atomic E-state index is 0.203. The van der Waals surface area contributed by atoms with Crippen molar-refractivity contribution in [2.75, 3.05) is 0 Å². The summed E-state index contributed by atoms with van der Waals surface area (Å²) in [4.78, 5) is 0. The average Bonchev–Trinajstić information content (AvgIpc) is 3.44. The van der Waals surface area contributed by atoms with Gasteiger partial charge in [-0.2, -0.15) is 23.8 Å². The van der Waals surface area contributed by atoms with Gasteiger partial charge in [-0.25, -0.2) is 0 Å². The van der Waals surface area contributed by atoms with E-state index in [9.17, 15) is 0 Å². The Morgan fingerprint density at radius 3 is 1.47 bits per heavy atom. The molecule has 1 heteroatoms. The van der Waals surface area contributed by atoms with Gasteiger partial charge in [-0.1, -0.05) is 112 Å². The molecule has 0 saturated carbocycles. The van der Waals surface area contributed by atoms with Gasteiger partial charge in [0.05, 0.1) is 0 Å². The molecule has 0 saturated heterocycles. The molecule has 0 unspecified atom stereocenters. The van der Waals surface area contributed by atoms with Crippen molar-refractivity contribution in [3.63, 3.8) is 0 Å². The van der Waals surface area contributed by atoms with Gasteiger partial charge in [0, 0.05) is 0 Å². The van der Waals surface area contributed by atoms with Crippen molar-refractivity contribution in [1.29, 1.82) is 0 Å². The van der Waals surface area contributed by atoms with Crippen LogP contribution in [0.25, 0.3) is 32.7 Å². The fourth-order valence-corrected chi connectivity index (χ4v) is 4.66. The van der Waals surface area contributed by atoms with Crippen LogP contribution in [0.1, 0.15) is 77.6 Å². The first-order valence-corrected chi connectivity index (χ1v) is 15.4. The maximum Gasteiger partial charge on any atom is -0.0405 e. The number of hydrogen-bond donors (Lipinski definition) is 0. The number of rotatable bonds is 1. The fourth-order valence-electron chi connectivity index (χ4n) is 4.66. The molecule has 0 N–H and O–H groups in total. The zero-order chi connectivity index (χ0) is 28.3. The predicted octanol–water partition coefficient (Wildman–Crippen LogP) is 10.7. The van der Waals surface area contributed by atoms with E-state index in [1.165, 1.54) is 78.8 Å². The molecule has 0 amide bonds. The third-order valence-corrected chi connectivity index (χ3v) is 6.65. The Kier molecular flexibility index (Phi) is 9.69. The number of benzene rings is 3. The van der Waals surface area contributed by atoms with E-state index in [4.69, 9.17) is 0 Å². The van der Waals surface area contributed by atoms with E-state index in [0.717, 1.165) is 0 Å². The molecular formula is C37H44Hf. The monoisotopic (exact) mass is 668 g/mol. The number of aryl methyl sites for hydroxylation is 2. The minimum atomic E-state index is 0.203. The van der Waals surface area contributed by atoms with Gasteiger partial charge in [0.1, 0.15) is 0 Å². The van der Waals surface area contributed by atoms with Crippen molar-refractivity contribution < 1.29 is 23.9 Å². The first-order chi connectivity index (χ1) is 17.6. The molecule has 0 spiro atoms. The first kappa shape index (κ1) is 30.2. The summed E-state index contributed by atoms with van der Waals surface area (Å²) in [6.45, 7) is 22.2. The Morgan fingerprint density at radius 1 is 0.658 bits per heavy atom. The molecule has 5 rings (SSSR count). The van der Waals surface area contributed by atoms with E-state index < -0.39 is 0 Å². The second-order valence-corrected chi connectivity index (χ2v) is 16.4. The smallest absolute Gasteiger partial charge is 0.0405 e. The van der Waals surface area contributed by atoms with E-state index in [1.807, 2.05) is 0 Å². The fraction of sp³-hybridized carbons (Fsp3) is 0.324. The van der Waals surface area contributed by atoms with Crippen LogP contribution in [0.5, 0.6) is 0 Å². The van der Waals surface area contributed by atoms with Crippen LogP contribution < -0.4 is 0 Å². The molecule has 196 valence electrons. The van der Waals surface area contributed by atoms with Crippen molar-refractivity contribution in [2.24, 2.45) is 0 Å². The maximum atomic E-state index is 2.35. The Labute approximate surface area is 245 Å². The van der Waals surface area contributed by atoms with Crippen molar-refractivity contribution >= 4 is 24.8 Å². The first-order valence-electron chi connectivity index (χ1n) is 13.6. The van der Waals surface area contributed by atoms with Gasteiger partial charge in [0.25, 0.3) is 0 Å². The largest absolute Gasteiger partial charge is 0.176 e. The van der Waals surface area contributed by atoms with Crippen molar-refractivity contribution in [3.8, 4) is 11.1 Å². The Hall–Kier alpha value is -2.38. The summed E-state index contributed by atoms with van der Waals surface area (Å²) >= 11 is 1.27. The molecule has 0 bridgehead atoms. The molecule has 0 aliphatic carbocycles. The van der Waals surface area contributed by atoms with Crippen LogP contribution >= 0.6 is 0 Å². The third kappa shape index (κ3) is 8.06. The van der Waals surface area contributed by atoms with Crippen molar-refractivity contribution in [2.45, 2.75) is 80.1 Å². The maximum absolute atomic E-state index is 2.35. The molecule has 0 aliphatic heterocycles. The Balaban J connectivity index is 0.000000200. The van der Waals surface area contributed by atoms with E-state index in [1.54, 1.807) is 3.26 Å². The standard InChI is InChI=1S/C21H25.C13H13.C3H6.Hf/c1-20(2,3)16-7-9-18-14(12-16)11-15-13-17(21(4,5)6)8-10-19(15)18;1-10-7-11(2)9-13(8-10)12-5-3-4-6-12;1-3-2;/h7-13H,1-6H3;3-9H,1-2H3;1-2H3;/q2*-1;;+2. The normalized spacial score (nSPS) is 11.6. The van der Waals surface area contributed by atoms with Gasteiger partial charge >= 0.3 is 41.0 Å². The van der Waals surface area contributed by atoms with Crippen molar-refractivity contribution in [3.05, 3.63) is 107 Å². The summed E-state index contributed by atoms with van der Waals surface area (Å²) in [6.07, 6.45) is 0. The number of hydrogen-bond acceptors (Lipinski definition) is 0. The van der Waals surface area contributed by atoms with Crippen LogP contribution in [0.3, 0.4) is 0 Å². The van der Waals surface area contributed by atoms with Crippen LogP contribution in [0.4, 0.5) is 0 Å². The summed E-state index contributed by atoms with van der Waals surface area (Å²) in [7, 11) is 0. The minimum Gasteiger partial charge on any atom is -0.176 e. The van der Waals surface area contributed by atoms with E-state index in [2.05, 4.69) is 154 Å². The SMILES string of the molecule is CC(C)(C)c1ccc2c(c1)[cH-]c1cc(C(C)(C)C)ccc12.C[C](C)=[Hf+2].Cc1cc(C)cc(-c2ccc[cH-]2)c1. The molecule has 0 nitrogen and oxygen atoms in total. The van der Waals surface area contributed by atoms with Crippen LogP contribution in [-0.2, 0) is 34.7 Å². The Morgan fingerprint density at radius 2 is 1.11 bits per heavy atom. The predicted molar refractivity (Wildman–Crippen MR) is 168 cm³/mol. The summed E-state index contributed by atoms with van der Waals surface area (Å²) in [5.41, 5.74) is 8.51. The van der Waals surface area contributed by atoms with Crippen LogP contribution in [0.15, 0.2) is 84.9 Å². The number of fused-ring (bicyclic) bond motifs is 3. The average molecular weight is 667 g/mol. The van der Waals surface area contributed by atoms with Gasteiger partial charge < -0.3 is 0 Å². The summed E-state index contributed by atoms with van der Waals surface area (Å²) in [5, 5.41) is 5.48. The quantitative estimate of drug-likeness (QED) is 0.123. The van der Waals surface area contributed by atoms with Gasteiger partial charge in [-0.05, 0) is 24.7 Å². The van der Waals surface area contributed by atoms with Gasteiger partial charge in [0.15, 0.2) is 0 Å². The van der Waals surface area contributed by atoms with E-state index in [-0.39, 0.29) is 10.8 Å². The topological polar surface area (TPSA) is 0 Å². The molecular weight excluding hydrogens is 623 g/mol. The molecule has 0 heterocycles. The second kappa shape index (κ2) is 12.2. The molecule has 0 fully saturated rings. The zero-order valence-electron chi connectivity index (χ0n) is 25.1. The molecule has 0 aliphatic rings. The van der Waals surface area contributed by atoms with E-state index >= 15 is 0 Å². The van der Waals surface area contributed by atoms with Crippen LogP contribution in [-0.4, -0.2) is 3.26 Å². The molecule has 0 aromatic heterocycles. The molecule has 38 heavy (non-hydrogen) atoms. The van der Waals surface area contributed by atoms with Crippen LogP contribution in [0, 0.1) is 13.8 Å². The van der Waals surface area contributed by atoms with Gasteiger partial charge in [-0.15, -0.1) is 45.8 Å². The molecule has 5 aromatic rings. The van der Waals surface area contributed by atoms with Gasteiger partial charge in [-0.3, -0.25) is 0 Å². The summed E-state index contributed by atoms with van der Waals surface area (Å²) in [6, 6.07) is 31.3. The summed E-state index contributed by atoms with van der Waals surface area (Å²) < 4.78 is 1.56. The van der Waals surface area contributed by atoms with E-state index in [0.29, 0.717) is 0 Å². The van der Waals surface area contributed by atoms with Crippen LogP contribution in [0.2, 0.25) is 0 Å². The summed E-state index contributed by atoms with van der Waals surface area (Å²) in [5.74, 6) is 0. The Bertz CT molecular complexity index is 1420. The molecule has 5 aromatic carbocycles. The zero-order valence-corrected chi connectivity index (χ0v) is 28.7. The molecule has 0 atom stereocenters. The van der Waals surface area contributed by atoms with Crippen molar-refractivity contribution in [1.82, 2.24) is 0 Å². The third-order valence-electron chi connectivity index (χ3n) is 6.65. The molecule has 0 radical (unpaired) electrons. The van der Waals surface area contributed by atoms with Gasteiger partial charge in [0.2, 0.25) is 0 Å².